The summed E-state index contributed by atoms with van der Waals surface area (Å²) in [5.74, 6) is 0.644. The second kappa shape index (κ2) is 5.82. The van der Waals surface area contributed by atoms with Crippen LogP contribution in [0.5, 0.6) is 0 Å². The first kappa shape index (κ1) is 11.3. The lowest BCUT2D eigenvalue weighted by Gasteiger charge is -2.18. The summed E-state index contributed by atoms with van der Waals surface area (Å²) in [5, 5.41) is 3.45. The first-order chi connectivity index (χ1) is 6.74. The largest absolute Gasteiger partial charge is 0.315 e. The zero-order valence-electron chi connectivity index (χ0n) is 9.46. The molecule has 0 aliphatic heterocycles. The maximum absolute atomic E-state index is 3.45. The van der Waals surface area contributed by atoms with E-state index in [1.165, 1.54) is 12.0 Å². The molecule has 1 aromatic rings. The van der Waals surface area contributed by atoms with Gasteiger partial charge in [-0.05, 0) is 31.4 Å². The Morgan fingerprint density at radius 1 is 1.14 bits per heavy atom. The zero-order chi connectivity index (χ0) is 10.4. The van der Waals surface area contributed by atoms with E-state index >= 15 is 0 Å². The van der Waals surface area contributed by atoms with Crippen LogP contribution in [0.1, 0.15) is 38.7 Å². The fourth-order valence-electron chi connectivity index (χ4n) is 1.88. The van der Waals surface area contributed by atoms with Gasteiger partial charge in [-0.3, -0.25) is 0 Å². The molecule has 2 atom stereocenters. The van der Waals surface area contributed by atoms with Gasteiger partial charge in [-0.2, -0.15) is 0 Å². The molecule has 0 aliphatic carbocycles. The predicted molar refractivity (Wildman–Crippen MR) is 62.6 cm³/mol. The van der Waals surface area contributed by atoms with Gasteiger partial charge in [0.05, 0.1) is 0 Å². The fourth-order valence-corrected chi connectivity index (χ4v) is 1.88. The lowest BCUT2D eigenvalue weighted by molar-refractivity contribution is 0.491. The van der Waals surface area contributed by atoms with Crippen molar-refractivity contribution in [2.75, 3.05) is 6.54 Å². The number of benzene rings is 1. The van der Waals surface area contributed by atoms with Crippen LogP contribution in [0.15, 0.2) is 30.3 Å². The standard InChI is InChI=1S/C13H21N/c1-4-14-12(3)10-11(2)13-8-6-5-7-9-13/h5-9,11-12,14H,4,10H2,1-3H3. The Hall–Kier alpha value is -0.820. The Kier molecular flexibility index (Phi) is 4.68. The molecular weight excluding hydrogens is 170 g/mol. The maximum Gasteiger partial charge on any atom is 0.00443 e. The minimum atomic E-state index is 0.607. The van der Waals surface area contributed by atoms with Crippen molar-refractivity contribution in [1.29, 1.82) is 0 Å². The van der Waals surface area contributed by atoms with Gasteiger partial charge in [-0.25, -0.2) is 0 Å². The molecular formula is C13H21N. The van der Waals surface area contributed by atoms with Gasteiger partial charge in [-0.1, -0.05) is 44.2 Å². The SMILES string of the molecule is CCNC(C)CC(C)c1ccccc1. The zero-order valence-corrected chi connectivity index (χ0v) is 9.46. The Morgan fingerprint density at radius 3 is 2.36 bits per heavy atom. The molecule has 2 unspecified atom stereocenters. The van der Waals surface area contributed by atoms with Crippen LogP contribution < -0.4 is 5.32 Å². The van der Waals surface area contributed by atoms with Gasteiger partial charge in [0.25, 0.3) is 0 Å². The highest BCUT2D eigenvalue weighted by molar-refractivity contribution is 5.18. The third kappa shape index (κ3) is 3.51. The van der Waals surface area contributed by atoms with Crippen LogP contribution in [0.25, 0.3) is 0 Å². The van der Waals surface area contributed by atoms with Crippen molar-refractivity contribution < 1.29 is 0 Å². The first-order valence-corrected chi connectivity index (χ1v) is 5.52. The monoisotopic (exact) mass is 191 g/mol. The summed E-state index contributed by atoms with van der Waals surface area (Å²) >= 11 is 0. The Balaban J connectivity index is 2.46. The third-order valence-electron chi connectivity index (χ3n) is 2.63. The summed E-state index contributed by atoms with van der Waals surface area (Å²) < 4.78 is 0. The van der Waals surface area contributed by atoms with E-state index in [-0.39, 0.29) is 0 Å². The van der Waals surface area contributed by atoms with Gasteiger partial charge in [0.2, 0.25) is 0 Å². The molecule has 0 saturated heterocycles. The molecule has 14 heavy (non-hydrogen) atoms. The van der Waals surface area contributed by atoms with Gasteiger partial charge in [0, 0.05) is 6.04 Å². The van der Waals surface area contributed by atoms with E-state index in [1.807, 2.05) is 0 Å². The molecule has 1 nitrogen and oxygen atoms in total. The quantitative estimate of drug-likeness (QED) is 0.753. The van der Waals surface area contributed by atoms with Crippen molar-refractivity contribution in [2.24, 2.45) is 0 Å². The predicted octanol–water partition coefficient (Wildman–Crippen LogP) is 3.18. The Labute approximate surface area is 87.5 Å². The lowest BCUT2D eigenvalue weighted by atomic mass is 9.94. The van der Waals surface area contributed by atoms with Crippen LogP contribution in [0.4, 0.5) is 0 Å². The molecule has 0 heterocycles. The molecule has 1 rings (SSSR count). The summed E-state index contributed by atoms with van der Waals surface area (Å²) in [5.41, 5.74) is 1.44. The van der Waals surface area contributed by atoms with Crippen LogP contribution in [0.2, 0.25) is 0 Å². The maximum atomic E-state index is 3.45. The summed E-state index contributed by atoms with van der Waals surface area (Å²) in [7, 11) is 0. The van der Waals surface area contributed by atoms with Crippen LogP contribution in [0, 0.1) is 0 Å². The highest BCUT2D eigenvalue weighted by Crippen LogP contribution is 2.19. The molecule has 0 aromatic heterocycles. The van der Waals surface area contributed by atoms with E-state index in [0.29, 0.717) is 12.0 Å². The van der Waals surface area contributed by atoms with E-state index in [2.05, 4.69) is 56.4 Å². The number of hydrogen-bond acceptors (Lipinski definition) is 1. The molecule has 1 heteroatoms. The highest BCUT2D eigenvalue weighted by atomic mass is 14.9. The topological polar surface area (TPSA) is 12.0 Å². The van der Waals surface area contributed by atoms with Crippen molar-refractivity contribution in [1.82, 2.24) is 5.32 Å². The second-order valence-electron chi connectivity index (χ2n) is 4.01. The van der Waals surface area contributed by atoms with Crippen LogP contribution in [-0.4, -0.2) is 12.6 Å². The van der Waals surface area contributed by atoms with Gasteiger partial charge in [0.15, 0.2) is 0 Å². The van der Waals surface area contributed by atoms with Gasteiger partial charge in [0.1, 0.15) is 0 Å². The number of rotatable bonds is 5. The van der Waals surface area contributed by atoms with E-state index in [0.717, 1.165) is 6.54 Å². The van der Waals surface area contributed by atoms with Crippen LogP contribution in [0.3, 0.4) is 0 Å². The normalized spacial score (nSPS) is 15.1. The molecule has 0 radical (unpaired) electrons. The van der Waals surface area contributed by atoms with Gasteiger partial charge in [-0.15, -0.1) is 0 Å². The highest BCUT2D eigenvalue weighted by Gasteiger charge is 2.08. The average Bonchev–Trinajstić information content (AvgIpc) is 2.19. The van der Waals surface area contributed by atoms with E-state index in [1.54, 1.807) is 0 Å². The molecule has 0 bridgehead atoms. The lowest BCUT2D eigenvalue weighted by Crippen LogP contribution is -2.26. The average molecular weight is 191 g/mol. The minimum Gasteiger partial charge on any atom is -0.315 e. The van der Waals surface area contributed by atoms with E-state index in [4.69, 9.17) is 0 Å². The molecule has 0 spiro atoms. The van der Waals surface area contributed by atoms with Gasteiger partial charge >= 0.3 is 0 Å². The summed E-state index contributed by atoms with van der Waals surface area (Å²) in [6.45, 7) is 7.76. The third-order valence-corrected chi connectivity index (χ3v) is 2.63. The Morgan fingerprint density at radius 2 is 1.79 bits per heavy atom. The molecule has 0 fully saturated rings. The summed E-state index contributed by atoms with van der Waals surface area (Å²) in [4.78, 5) is 0. The van der Waals surface area contributed by atoms with Crippen molar-refractivity contribution in [3.8, 4) is 0 Å². The Bertz CT molecular complexity index is 243. The van der Waals surface area contributed by atoms with Crippen molar-refractivity contribution in [2.45, 2.75) is 39.2 Å². The van der Waals surface area contributed by atoms with E-state index in [9.17, 15) is 0 Å². The summed E-state index contributed by atoms with van der Waals surface area (Å²) in [6.07, 6.45) is 1.21. The van der Waals surface area contributed by atoms with Gasteiger partial charge < -0.3 is 5.32 Å². The molecule has 0 aliphatic rings. The van der Waals surface area contributed by atoms with Crippen molar-refractivity contribution in [3.05, 3.63) is 35.9 Å². The smallest absolute Gasteiger partial charge is 0.00443 e. The number of nitrogens with one attached hydrogen (secondary N) is 1. The van der Waals surface area contributed by atoms with Crippen molar-refractivity contribution in [3.63, 3.8) is 0 Å². The second-order valence-corrected chi connectivity index (χ2v) is 4.01. The van der Waals surface area contributed by atoms with Crippen LogP contribution >= 0.6 is 0 Å². The molecule has 0 amide bonds. The molecule has 1 aromatic carbocycles. The van der Waals surface area contributed by atoms with Crippen molar-refractivity contribution >= 4 is 0 Å². The minimum absolute atomic E-state index is 0.607. The molecule has 0 saturated carbocycles. The summed E-state index contributed by atoms with van der Waals surface area (Å²) in [6, 6.07) is 11.3. The van der Waals surface area contributed by atoms with Crippen LogP contribution in [-0.2, 0) is 0 Å². The number of hydrogen-bond donors (Lipinski definition) is 1. The molecule has 78 valence electrons. The first-order valence-electron chi connectivity index (χ1n) is 5.52. The fraction of sp³-hybridized carbons (Fsp3) is 0.538. The molecule has 1 N–H and O–H groups in total. The van der Waals surface area contributed by atoms with E-state index < -0.39 is 0 Å².